The lowest BCUT2D eigenvalue weighted by Crippen LogP contribution is -2.35. The zero-order valence-corrected chi connectivity index (χ0v) is 18.6. The first-order valence-electron chi connectivity index (χ1n) is 10.6. The number of benzene rings is 2. The number of carbonyl (C=O) groups excluding carboxylic acids is 2. The van der Waals surface area contributed by atoms with Gasteiger partial charge in [0.15, 0.2) is 0 Å². The zero-order chi connectivity index (χ0) is 23.9. The van der Waals surface area contributed by atoms with Crippen molar-refractivity contribution in [2.75, 3.05) is 27.2 Å². The summed E-state index contributed by atoms with van der Waals surface area (Å²) in [4.78, 5) is 40.1. The number of nitro groups is 1. The minimum absolute atomic E-state index is 0.0128. The summed E-state index contributed by atoms with van der Waals surface area (Å²) in [5.41, 5.74) is 1.45. The fourth-order valence-electron chi connectivity index (χ4n) is 4.30. The summed E-state index contributed by atoms with van der Waals surface area (Å²) in [5.74, 6) is -1.14. The van der Waals surface area contributed by atoms with E-state index >= 15 is 0 Å². The van der Waals surface area contributed by atoms with Gasteiger partial charge in [0.05, 0.1) is 16.5 Å². The number of carbonyl (C=O) groups is 2. The van der Waals surface area contributed by atoms with Gasteiger partial charge in [-0.2, -0.15) is 0 Å². The van der Waals surface area contributed by atoms with Gasteiger partial charge in [0.2, 0.25) is 0 Å². The Morgan fingerprint density at radius 3 is 2.70 bits per heavy atom. The van der Waals surface area contributed by atoms with Crippen molar-refractivity contribution in [2.24, 2.45) is 0 Å². The van der Waals surface area contributed by atoms with Crippen LogP contribution in [0.15, 0.2) is 48.0 Å². The fraction of sp³-hybridized carbons (Fsp3) is 0.333. The fourth-order valence-corrected chi connectivity index (χ4v) is 4.30. The van der Waals surface area contributed by atoms with Crippen LogP contribution in [0.1, 0.15) is 29.7 Å². The van der Waals surface area contributed by atoms with Gasteiger partial charge in [-0.05, 0) is 50.3 Å². The number of nitro benzene ring substituents is 1. The number of ether oxygens (including phenoxy) is 1. The van der Waals surface area contributed by atoms with E-state index in [2.05, 4.69) is 0 Å². The summed E-state index contributed by atoms with van der Waals surface area (Å²) in [6, 6.07) is 10.0. The van der Waals surface area contributed by atoms with E-state index in [0.29, 0.717) is 24.1 Å². The van der Waals surface area contributed by atoms with Crippen molar-refractivity contribution < 1.29 is 24.4 Å². The van der Waals surface area contributed by atoms with Crippen molar-refractivity contribution in [3.63, 3.8) is 0 Å². The third kappa shape index (κ3) is 4.19. The van der Waals surface area contributed by atoms with E-state index in [4.69, 9.17) is 4.74 Å². The van der Waals surface area contributed by atoms with Crippen LogP contribution in [0.2, 0.25) is 0 Å². The number of aliphatic hydroxyl groups excluding tert-OH is 1. The van der Waals surface area contributed by atoms with Crippen LogP contribution in [0.5, 0.6) is 5.75 Å². The van der Waals surface area contributed by atoms with Gasteiger partial charge in [0, 0.05) is 37.2 Å². The van der Waals surface area contributed by atoms with Gasteiger partial charge in [-0.15, -0.1) is 0 Å². The number of hydrogen-bond acceptors (Lipinski definition) is 7. The van der Waals surface area contributed by atoms with Gasteiger partial charge >= 0.3 is 0 Å². The Hall–Kier alpha value is -3.72. The number of hydrogen-bond donors (Lipinski definition) is 1. The summed E-state index contributed by atoms with van der Waals surface area (Å²) < 4.78 is 5.71. The number of non-ortho nitro benzene ring substituents is 1. The number of rotatable bonds is 6. The summed E-state index contributed by atoms with van der Waals surface area (Å²) in [6.45, 7) is 2.64. The second-order valence-electron chi connectivity index (χ2n) is 8.60. The molecule has 9 nitrogen and oxygen atoms in total. The molecule has 2 heterocycles. The number of ketones is 1. The first-order valence-corrected chi connectivity index (χ1v) is 10.6. The van der Waals surface area contributed by atoms with Crippen LogP contribution in [0.4, 0.5) is 5.69 Å². The van der Waals surface area contributed by atoms with Gasteiger partial charge in [-0.1, -0.05) is 12.1 Å². The van der Waals surface area contributed by atoms with Crippen molar-refractivity contribution in [3.05, 3.63) is 74.8 Å². The number of aliphatic hydroxyl groups is 1. The Bertz CT molecular complexity index is 1170. The third-order valence-corrected chi connectivity index (χ3v) is 5.89. The molecule has 2 aliphatic rings. The molecular formula is C24H25N3O6. The summed E-state index contributed by atoms with van der Waals surface area (Å²) in [5, 5.41) is 22.5. The summed E-state index contributed by atoms with van der Waals surface area (Å²) in [6.07, 6.45) is 0.681. The number of likely N-dealkylation sites (N-methyl/N-ethyl adjacent to an activating group) is 1. The van der Waals surface area contributed by atoms with Crippen LogP contribution >= 0.6 is 0 Å². The maximum absolute atomic E-state index is 13.1. The van der Waals surface area contributed by atoms with E-state index in [-0.39, 0.29) is 29.7 Å². The first-order chi connectivity index (χ1) is 15.7. The van der Waals surface area contributed by atoms with E-state index < -0.39 is 22.7 Å². The second-order valence-corrected chi connectivity index (χ2v) is 8.60. The van der Waals surface area contributed by atoms with Crippen LogP contribution in [0.3, 0.4) is 0 Å². The maximum Gasteiger partial charge on any atom is 0.295 e. The highest BCUT2D eigenvalue weighted by molar-refractivity contribution is 6.46. The Kier molecular flexibility index (Phi) is 5.90. The Balaban J connectivity index is 1.84. The second kappa shape index (κ2) is 8.67. The number of likely N-dealkylation sites (tertiary alicyclic amines) is 1. The average molecular weight is 451 g/mol. The third-order valence-electron chi connectivity index (χ3n) is 5.89. The Morgan fingerprint density at radius 2 is 2.00 bits per heavy atom. The standard InChI is InChI=1S/C24H25N3O6/c1-14-11-17-12-16(7-8-19(17)33-14)22(28)20-21(15-5-4-6-18(13-15)27(31)32)26(10-9-25(2)3)24(30)23(20)29/h4-8,12-14,21,28H,9-11H2,1-3H3. The first kappa shape index (κ1) is 22.5. The van der Waals surface area contributed by atoms with Crippen molar-refractivity contribution in [1.82, 2.24) is 9.80 Å². The van der Waals surface area contributed by atoms with Crippen LogP contribution < -0.4 is 4.74 Å². The molecule has 2 aromatic rings. The van der Waals surface area contributed by atoms with Crippen molar-refractivity contribution >= 4 is 23.1 Å². The maximum atomic E-state index is 13.1. The number of Topliss-reactive ketones (excluding diaryl/α,β-unsaturated/α-hetero) is 1. The Morgan fingerprint density at radius 1 is 1.24 bits per heavy atom. The van der Waals surface area contributed by atoms with E-state index in [1.165, 1.54) is 23.1 Å². The lowest BCUT2D eigenvalue weighted by Gasteiger charge is -2.26. The minimum Gasteiger partial charge on any atom is -0.507 e. The quantitative estimate of drug-likeness (QED) is 0.236. The molecule has 1 amide bonds. The van der Waals surface area contributed by atoms with Gasteiger partial charge in [-0.25, -0.2) is 0 Å². The molecule has 2 atom stereocenters. The van der Waals surface area contributed by atoms with E-state index in [9.17, 15) is 24.8 Å². The van der Waals surface area contributed by atoms with Gasteiger partial charge < -0.3 is 19.6 Å². The summed E-state index contributed by atoms with van der Waals surface area (Å²) in [7, 11) is 3.68. The van der Waals surface area contributed by atoms with Crippen molar-refractivity contribution in [3.8, 4) is 5.75 Å². The minimum atomic E-state index is -0.937. The molecule has 33 heavy (non-hydrogen) atoms. The molecule has 2 unspecified atom stereocenters. The van der Waals surface area contributed by atoms with Crippen LogP contribution in [0.25, 0.3) is 5.76 Å². The Labute approximate surface area is 191 Å². The molecule has 0 radical (unpaired) electrons. The summed E-state index contributed by atoms with van der Waals surface area (Å²) >= 11 is 0. The molecule has 1 fully saturated rings. The highest BCUT2D eigenvalue weighted by atomic mass is 16.6. The highest BCUT2D eigenvalue weighted by Crippen LogP contribution is 2.41. The number of nitrogens with zero attached hydrogens (tertiary/aromatic N) is 3. The highest BCUT2D eigenvalue weighted by Gasteiger charge is 2.46. The van der Waals surface area contributed by atoms with Crippen LogP contribution in [0, 0.1) is 10.1 Å². The largest absolute Gasteiger partial charge is 0.507 e. The van der Waals surface area contributed by atoms with E-state index in [1.807, 2.05) is 25.9 Å². The lowest BCUT2D eigenvalue weighted by molar-refractivity contribution is -0.384. The molecule has 1 N–H and O–H groups in total. The lowest BCUT2D eigenvalue weighted by atomic mass is 9.94. The molecule has 4 rings (SSSR count). The molecule has 2 aromatic carbocycles. The SMILES string of the molecule is CC1Cc2cc(C(O)=C3C(=O)C(=O)N(CCN(C)C)C3c3cccc([N+](=O)[O-])c3)ccc2O1. The topological polar surface area (TPSA) is 113 Å². The van der Waals surface area contributed by atoms with Gasteiger partial charge in [0.1, 0.15) is 17.6 Å². The van der Waals surface area contributed by atoms with Crippen molar-refractivity contribution in [1.29, 1.82) is 0 Å². The monoisotopic (exact) mass is 451 g/mol. The molecule has 0 bridgehead atoms. The van der Waals surface area contributed by atoms with Gasteiger partial charge in [-0.3, -0.25) is 19.7 Å². The number of fused-ring (bicyclic) bond motifs is 1. The smallest absolute Gasteiger partial charge is 0.295 e. The molecular weight excluding hydrogens is 426 g/mol. The molecule has 2 aliphatic heterocycles. The molecule has 0 aliphatic carbocycles. The van der Waals surface area contributed by atoms with Crippen LogP contribution in [-0.4, -0.2) is 64.8 Å². The zero-order valence-electron chi connectivity index (χ0n) is 18.6. The normalized spacial score (nSPS) is 21.4. The molecule has 0 aromatic heterocycles. The van der Waals surface area contributed by atoms with Crippen molar-refractivity contribution in [2.45, 2.75) is 25.5 Å². The average Bonchev–Trinajstić information content (AvgIpc) is 3.27. The number of amides is 1. The van der Waals surface area contributed by atoms with E-state index in [0.717, 1.165) is 11.3 Å². The van der Waals surface area contributed by atoms with Gasteiger partial charge in [0.25, 0.3) is 17.4 Å². The van der Waals surface area contributed by atoms with Crippen LogP contribution in [-0.2, 0) is 16.0 Å². The molecule has 1 saturated heterocycles. The molecule has 0 spiro atoms. The molecule has 172 valence electrons. The van der Waals surface area contributed by atoms with E-state index in [1.54, 1.807) is 24.3 Å². The predicted octanol–water partition coefficient (Wildman–Crippen LogP) is 2.90. The molecule has 0 saturated carbocycles. The molecule has 9 heteroatoms. The predicted molar refractivity (Wildman–Crippen MR) is 121 cm³/mol.